The van der Waals surface area contributed by atoms with Crippen molar-refractivity contribution in [2.75, 3.05) is 0 Å². The van der Waals surface area contributed by atoms with E-state index in [1.54, 1.807) is 0 Å². The molecule has 0 spiro atoms. The Morgan fingerprint density at radius 2 is 2.06 bits per heavy atom. The van der Waals surface area contributed by atoms with Gasteiger partial charge in [0.25, 0.3) is 0 Å². The summed E-state index contributed by atoms with van der Waals surface area (Å²) in [5, 5.41) is 4.00. The van der Waals surface area contributed by atoms with E-state index in [9.17, 15) is 0 Å². The normalized spacial score (nSPS) is 14.6. The minimum Gasteiger partial charge on any atom is -0.337 e. The summed E-state index contributed by atoms with van der Waals surface area (Å²) in [6.45, 7) is 5.91. The molecule has 0 aliphatic rings. The van der Waals surface area contributed by atoms with Crippen LogP contribution in [0.2, 0.25) is 0 Å². The van der Waals surface area contributed by atoms with Crippen LogP contribution in [0.25, 0.3) is 11.4 Å². The molecule has 0 amide bonds. The van der Waals surface area contributed by atoms with Crippen LogP contribution < -0.4 is 5.73 Å². The van der Waals surface area contributed by atoms with Crippen molar-refractivity contribution in [1.29, 1.82) is 0 Å². The summed E-state index contributed by atoms with van der Waals surface area (Å²) in [7, 11) is 0. The van der Waals surface area contributed by atoms with Crippen molar-refractivity contribution in [2.45, 2.75) is 32.7 Å². The Bertz CT molecular complexity index is 517. The number of nitrogens with two attached hydrogens (primary N) is 1. The molecular weight excluding hydrogens is 214 g/mol. The van der Waals surface area contributed by atoms with Crippen molar-refractivity contribution < 1.29 is 4.52 Å². The first-order valence-corrected chi connectivity index (χ1v) is 5.73. The molecule has 1 aromatic heterocycles. The zero-order chi connectivity index (χ0) is 12.5. The van der Waals surface area contributed by atoms with Crippen LogP contribution in [0.15, 0.2) is 28.8 Å². The smallest absolute Gasteiger partial charge is 0.246 e. The number of nitrogens with zero attached hydrogens (tertiary/aromatic N) is 2. The number of benzene rings is 1. The molecule has 0 fully saturated rings. The number of hydrogen-bond acceptors (Lipinski definition) is 4. The highest BCUT2D eigenvalue weighted by Crippen LogP contribution is 2.24. The van der Waals surface area contributed by atoms with E-state index in [0.29, 0.717) is 11.7 Å². The van der Waals surface area contributed by atoms with Gasteiger partial charge in [0.15, 0.2) is 0 Å². The Labute approximate surface area is 101 Å². The fraction of sp³-hybridized carbons (Fsp3) is 0.385. The molecular formula is C13H17N3O. The van der Waals surface area contributed by atoms with Gasteiger partial charge in [-0.15, -0.1) is 0 Å². The fourth-order valence-corrected chi connectivity index (χ4v) is 1.54. The van der Waals surface area contributed by atoms with Gasteiger partial charge in [-0.3, -0.25) is 0 Å². The Kier molecular flexibility index (Phi) is 2.98. The first-order chi connectivity index (χ1) is 8.04. The molecule has 1 heterocycles. The number of rotatable bonds is 3. The lowest BCUT2D eigenvalue weighted by Crippen LogP contribution is -2.32. The van der Waals surface area contributed by atoms with E-state index < -0.39 is 5.54 Å². The van der Waals surface area contributed by atoms with Gasteiger partial charge in [0.1, 0.15) is 0 Å². The van der Waals surface area contributed by atoms with E-state index in [1.807, 2.05) is 45.0 Å². The molecule has 1 unspecified atom stereocenters. The second-order valence-electron chi connectivity index (χ2n) is 4.51. The molecule has 0 bridgehead atoms. The quantitative estimate of drug-likeness (QED) is 0.881. The predicted molar refractivity (Wildman–Crippen MR) is 66.3 cm³/mol. The Balaban J connectivity index is 2.40. The number of hydrogen-bond donors (Lipinski definition) is 1. The van der Waals surface area contributed by atoms with Crippen molar-refractivity contribution in [3.63, 3.8) is 0 Å². The van der Waals surface area contributed by atoms with E-state index in [0.717, 1.165) is 17.5 Å². The summed E-state index contributed by atoms with van der Waals surface area (Å²) < 4.78 is 5.24. The molecule has 0 radical (unpaired) electrons. The molecule has 2 N–H and O–H groups in total. The molecule has 2 rings (SSSR count). The minimum atomic E-state index is -0.562. The highest BCUT2D eigenvalue weighted by Gasteiger charge is 2.26. The molecule has 4 heteroatoms. The van der Waals surface area contributed by atoms with Gasteiger partial charge in [-0.2, -0.15) is 4.98 Å². The molecule has 1 atom stereocenters. The van der Waals surface area contributed by atoms with Crippen LogP contribution in [0.5, 0.6) is 0 Å². The van der Waals surface area contributed by atoms with Gasteiger partial charge in [-0.25, -0.2) is 0 Å². The Hall–Kier alpha value is -1.68. The van der Waals surface area contributed by atoms with Crippen molar-refractivity contribution in [3.05, 3.63) is 35.7 Å². The molecule has 2 aromatic rings. The maximum absolute atomic E-state index is 6.07. The van der Waals surface area contributed by atoms with Crippen LogP contribution in [-0.4, -0.2) is 10.1 Å². The van der Waals surface area contributed by atoms with Crippen molar-refractivity contribution in [3.8, 4) is 11.4 Å². The molecule has 17 heavy (non-hydrogen) atoms. The minimum absolute atomic E-state index is 0.484. The lowest BCUT2D eigenvalue weighted by atomic mass is 10.0. The van der Waals surface area contributed by atoms with Crippen molar-refractivity contribution in [2.24, 2.45) is 5.73 Å². The molecule has 1 aromatic carbocycles. The first kappa shape index (κ1) is 11.8. The highest BCUT2D eigenvalue weighted by molar-refractivity contribution is 5.59. The topological polar surface area (TPSA) is 64.9 Å². The summed E-state index contributed by atoms with van der Waals surface area (Å²) in [6, 6.07) is 7.94. The third-order valence-corrected chi connectivity index (χ3v) is 3.04. The van der Waals surface area contributed by atoms with Crippen LogP contribution in [-0.2, 0) is 5.54 Å². The monoisotopic (exact) mass is 231 g/mol. The summed E-state index contributed by atoms with van der Waals surface area (Å²) in [4.78, 5) is 4.38. The van der Waals surface area contributed by atoms with Crippen LogP contribution in [0.3, 0.4) is 0 Å². The molecule has 0 aliphatic carbocycles. The van der Waals surface area contributed by atoms with Gasteiger partial charge in [0.05, 0.1) is 5.54 Å². The SMILES string of the molecule is CCC(C)(N)c1nc(-c2ccccc2C)no1. The van der Waals surface area contributed by atoms with Crippen LogP contribution in [0.4, 0.5) is 0 Å². The van der Waals surface area contributed by atoms with Gasteiger partial charge in [-0.05, 0) is 25.8 Å². The summed E-state index contributed by atoms with van der Waals surface area (Å²) in [5.41, 5.74) is 7.61. The second kappa shape index (κ2) is 4.30. The van der Waals surface area contributed by atoms with Crippen molar-refractivity contribution >= 4 is 0 Å². The summed E-state index contributed by atoms with van der Waals surface area (Å²) in [5.74, 6) is 1.08. The summed E-state index contributed by atoms with van der Waals surface area (Å²) in [6.07, 6.45) is 0.752. The number of aromatic nitrogens is 2. The lowest BCUT2D eigenvalue weighted by Gasteiger charge is -2.16. The van der Waals surface area contributed by atoms with E-state index in [2.05, 4.69) is 10.1 Å². The third-order valence-electron chi connectivity index (χ3n) is 3.04. The molecule has 90 valence electrons. The van der Waals surface area contributed by atoms with Gasteiger partial charge < -0.3 is 10.3 Å². The molecule has 0 saturated heterocycles. The average Bonchev–Trinajstić information content (AvgIpc) is 2.79. The second-order valence-corrected chi connectivity index (χ2v) is 4.51. The Morgan fingerprint density at radius 3 is 2.71 bits per heavy atom. The Morgan fingerprint density at radius 1 is 1.35 bits per heavy atom. The molecule has 0 saturated carbocycles. The standard InChI is InChI=1S/C13H17N3O/c1-4-13(3,14)12-15-11(16-17-12)10-8-6-5-7-9(10)2/h5-8H,4,14H2,1-3H3. The fourth-order valence-electron chi connectivity index (χ4n) is 1.54. The average molecular weight is 231 g/mol. The first-order valence-electron chi connectivity index (χ1n) is 5.73. The van der Waals surface area contributed by atoms with E-state index in [4.69, 9.17) is 10.3 Å². The predicted octanol–water partition coefficient (Wildman–Crippen LogP) is 2.63. The molecule has 4 nitrogen and oxygen atoms in total. The highest BCUT2D eigenvalue weighted by atomic mass is 16.5. The lowest BCUT2D eigenvalue weighted by molar-refractivity contribution is 0.291. The van der Waals surface area contributed by atoms with Crippen LogP contribution in [0, 0.1) is 6.92 Å². The zero-order valence-electron chi connectivity index (χ0n) is 10.4. The maximum atomic E-state index is 6.07. The summed E-state index contributed by atoms with van der Waals surface area (Å²) >= 11 is 0. The van der Waals surface area contributed by atoms with E-state index in [-0.39, 0.29) is 0 Å². The maximum Gasteiger partial charge on any atom is 0.246 e. The van der Waals surface area contributed by atoms with Gasteiger partial charge >= 0.3 is 0 Å². The van der Waals surface area contributed by atoms with E-state index in [1.165, 1.54) is 0 Å². The zero-order valence-corrected chi connectivity index (χ0v) is 10.4. The van der Waals surface area contributed by atoms with E-state index >= 15 is 0 Å². The third kappa shape index (κ3) is 2.22. The van der Waals surface area contributed by atoms with Gasteiger partial charge in [0, 0.05) is 5.56 Å². The van der Waals surface area contributed by atoms with Gasteiger partial charge in [-0.1, -0.05) is 36.3 Å². The van der Waals surface area contributed by atoms with Crippen LogP contribution in [0.1, 0.15) is 31.7 Å². The van der Waals surface area contributed by atoms with Crippen molar-refractivity contribution in [1.82, 2.24) is 10.1 Å². The molecule has 0 aliphatic heterocycles. The largest absolute Gasteiger partial charge is 0.337 e. The number of aryl methyl sites for hydroxylation is 1. The van der Waals surface area contributed by atoms with Crippen LogP contribution >= 0.6 is 0 Å². The van der Waals surface area contributed by atoms with Gasteiger partial charge in [0.2, 0.25) is 11.7 Å².